The van der Waals surface area contributed by atoms with Gasteiger partial charge in [-0.15, -0.1) is 0 Å². The van der Waals surface area contributed by atoms with Gasteiger partial charge in [-0.1, -0.05) is 30.3 Å². The van der Waals surface area contributed by atoms with Gasteiger partial charge in [0.15, 0.2) is 0 Å². The second kappa shape index (κ2) is 7.93. The molecule has 0 aromatic heterocycles. The molecule has 23 heavy (non-hydrogen) atoms. The maximum Gasteiger partial charge on any atom is 0.313 e. The standard InChI is InChI=1S/C17H17FN2O3/c1-23-15-9-5-4-8-14(15)20-17(22)16(21)19-11-10-12-6-2-3-7-13(12)18/h2-9H,10-11H2,1H3,(H,19,21)(H,20,22). The Balaban J connectivity index is 1.86. The molecule has 0 aliphatic heterocycles. The van der Waals surface area contributed by atoms with Crippen molar-refractivity contribution in [2.24, 2.45) is 0 Å². The third-order valence-electron chi connectivity index (χ3n) is 3.20. The van der Waals surface area contributed by atoms with Crippen molar-refractivity contribution in [3.8, 4) is 5.75 Å². The van der Waals surface area contributed by atoms with Crippen LogP contribution in [0.2, 0.25) is 0 Å². The zero-order chi connectivity index (χ0) is 16.7. The number of rotatable bonds is 5. The van der Waals surface area contributed by atoms with E-state index in [-0.39, 0.29) is 12.4 Å². The van der Waals surface area contributed by atoms with Crippen LogP contribution in [0.5, 0.6) is 5.75 Å². The summed E-state index contributed by atoms with van der Waals surface area (Å²) in [6, 6.07) is 13.1. The highest BCUT2D eigenvalue weighted by Crippen LogP contribution is 2.22. The van der Waals surface area contributed by atoms with Crippen molar-refractivity contribution < 1.29 is 18.7 Å². The maximum atomic E-state index is 13.4. The SMILES string of the molecule is COc1ccccc1NC(=O)C(=O)NCCc1ccccc1F. The van der Waals surface area contributed by atoms with Crippen LogP contribution in [0.3, 0.4) is 0 Å². The van der Waals surface area contributed by atoms with E-state index in [1.807, 2.05) is 0 Å². The molecule has 6 heteroatoms. The number of para-hydroxylation sites is 2. The third-order valence-corrected chi connectivity index (χ3v) is 3.20. The van der Waals surface area contributed by atoms with Crippen molar-refractivity contribution in [2.45, 2.75) is 6.42 Å². The Labute approximate surface area is 133 Å². The summed E-state index contributed by atoms with van der Waals surface area (Å²) in [6.45, 7) is 0.166. The number of ether oxygens (including phenoxy) is 1. The van der Waals surface area contributed by atoms with Crippen molar-refractivity contribution in [2.75, 3.05) is 19.0 Å². The molecule has 2 N–H and O–H groups in total. The summed E-state index contributed by atoms with van der Waals surface area (Å²) >= 11 is 0. The largest absolute Gasteiger partial charge is 0.495 e. The number of hydrogen-bond acceptors (Lipinski definition) is 3. The Morgan fingerprint density at radius 3 is 2.48 bits per heavy atom. The molecule has 120 valence electrons. The van der Waals surface area contributed by atoms with Crippen LogP contribution in [0.1, 0.15) is 5.56 Å². The summed E-state index contributed by atoms with van der Waals surface area (Å²) in [6.07, 6.45) is 0.306. The van der Waals surface area contributed by atoms with Gasteiger partial charge < -0.3 is 15.4 Å². The van der Waals surface area contributed by atoms with Crippen molar-refractivity contribution in [3.05, 3.63) is 59.9 Å². The normalized spacial score (nSPS) is 10.0. The molecule has 2 aromatic rings. The van der Waals surface area contributed by atoms with Gasteiger partial charge in [-0.05, 0) is 30.2 Å². The molecule has 2 aromatic carbocycles. The molecule has 0 aliphatic carbocycles. The minimum Gasteiger partial charge on any atom is -0.495 e. The van der Waals surface area contributed by atoms with E-state index in [4.69, 9.17) is 4.74 Å². The van der Waals surface area contributed by atoms with E-state index in [0.29, 0.717) is 23.4 Å². The minimum atomic E-state index is -0.803. The topological polar surface area (TPSA) is 67.4 Å². The molecule has 0 saturated carbocycles. The van der Waals surface area contributed by atoms with Gasteiger partial charge in [-0.25, -0.2) is 4.39 Å². The highest BCUT2D eigenvalue weighted by atomic mass is 19.1. The molecule has 2 rings (SSSR count). The lowest BCUT2D eigenvalue weighted by Crippen LogP contribution is -2.36. The number of methoxy groups -OCH3 is 1. The number of halogens is 1. The van der Waals surface area contributed by atoms with E-state index in [1.165, 1.54) is 13.2 Å². The fourth-order valence-corrected chi connectivity index (χ4v) is 2.02. The highest BCUT2D eigenvalue weighted by molar-refractivity contribution is 6.39. The average Bonchev–Trinajstić information content (AvgIpc) is 2.57. The van der Waals surface area contributed by atoms with Crippen LogP contribution in [0.25, 0.3) is 0 Å². The fourth-order valence-electron chi connectivity index (χ4n) is 2.02. The summed E-state index contributed by atoms with van der Waals surface area (Å²) in [5.74, 6) is -1.46. The summed E-state index contributed by atoms with van der Waals surface area (Å²) in [5, 5.41) is 4.93. The summed E-state index contributed by atoms with van der Waals surface area (Å²) in [5.41, 5.74) is 0.891. The lowest BCUT2D eigenvalue weighted by molar-refractivity contribution is -0.136. The van der Waals surface area contributed by atoms with Gasteiger partial charge in [-0.3, -0.25) is 9.59 Å². The zero-order valence-electron chi connectivity index (χ0n) is 12.6. The monoisotopic (exact) mass is 316 g/mol. The van der Waals surface area contributed by atoms with E-state index in [0.717, 1.165) is 0 Å². The van der Waals surface area contributed by atoms with E-state index < -0.39 is 11.8 Å². The first-order valence-corrected chi connectivity index (χ1v) is 7.07. The van der Waals surface area contributed by atoms with E-state index in [2.05, 4.69) is 10.6 Å². The number of hydrogen-bond donors (Lipinski definition) is 2. The van der Waals surface area contributed by atoms with E-state index >= 15 is 0 Å². The zero-order valence-corrected chi connectivity index (χ0v) is 12.6. The van der Waals surface area contributed by atoms with Crippen LogP contribution in [0, 0.1) is 5.82 Å². The Morgan fingerprint density at radius 2 is 1.74 bits per heavy atom. The molecular formula is C17H17FN2O3. The first kappa shape index (κ1) is 16.5. The second-order valence-corrected chi connectivity index (χ2v) is 4.75. The summed E-state index contributed by atoms with van der Waals surface area (Å²) in [7, 11) is 1.47. The molecule has 0 radical (unpaired) electrons. The maximum absolute atomic E-state index is 13.4. The average molecular weight is 316 g/mol. The molecule has 0 fully saturated rings. The van der Waals surface area contributed by atoms with E-state index in [9.17, 15) is 14.0 Å². The van der Waals surface area contributed by atoms with Gasteiger partial charge in [-0.2, -0.15) is 0 Å². The van der Waals surface area contributed by atoms with E-state index in [1.54, 1.807) is 42.5 Å². The number of anilines is 1. The second-order valence-electron chi connectivity index (χ2n) is 4.75. The van der Waals surface area contributed by atoms with Crippen molar-refractivity contribution >= 4 is 17.5 Å². The van der Waals surface area contributed by atoms with Crippen LogP contribution in [-0.4, -0.2) is 25.5 Å². The van der Waals surface area contributed by atoms with Crippen LogP contribution in [0.15, 0.2) is 48.5 Å². The van der Waals surface area contributed by atoms with Crippen molar-refractivity contribution in [1.82, 2.24) is 5.32 Å². The number of carbonyl (C=O) groups is 2. The number of amides is 2. The molecule has 0 saturated heterocycles. The molecule has 5 nitrogen and oxygen atoms in total. The predicted octanol–water partition coefficient (Wildman–Crippen LogP) is 2.13. The third kappa shape index (κ3) is 4.54. The molecule has 0 bridgehead atoms. The van der Waals surface area contributed by atoms with Gasteiger partial charge in [0.2, 0.25) is 0 Å². The molecule has 2 amide bonds. The first-order chi connectivity index (χ1) is 11.1. The summed E-state index contributed by atoms with van der Waals surface area (Å²) < 4.78 is 18.5. The van der Waals surface area contributed by atoms with Crippen LogP contribution in [0.4, 0.5) is 10.1 Å². The molecule has 0 heterocycles. The minimum absolute atomic E-state index is 0.166. The lowest BCUT2D eigenvalue weighted by atomic mass is 10.1. The molecule has 0 spiro atoms. The molecule has 0 atom stereocenters. The Kier molecular flexibility index (Phi) is 5.68. The highest BCUT2D eigenvalue weighted by Gasteiger charge is 2.15. The Morgan fingerprint density at radius 1 is 1.04 bits per heavy atom. The number of benzene rings is 2. The summed E-state index contributed by atoms with van der Waals surface area (Å²) in [4.78, 5) is 23.6. The van der Waals surface area contributed by atoms with Gasteiger partial charge in [0.1, 0.15) is 11.6 Å². The Bertz CT molecular complexity index is 704. The van der Waals surface area contributed by atoms with Crippen LogP contribution < -0.4 is 15.4 Å². The fraction of sp³-hybridized carbons (Fsp3) is 0.176. The van der Waals surface area contributed by atoms with Crippen LogP contribution in [-0.2, 0) is 16.0 Å². The van der Waals surface area contributed by atoms with Crippen LogP contribution >= 0.6 is 0 Å². The van der Waals surface area contributed by atoms with Gasteiger partial charge in [0.25, 0.3) is 0 Å². The molecular weight excluding hydrogens is 299 g/mol. The molecule has 0 aliphatic rings. The predicted molar refractivity (Wildman–Crippen MR) is 84.7 cm³/mol. The quantitative estimate of drug-likeness (QED) is 0.831. The van der Waals surface area contributed by atoms with Crippen molar-refractivity contribution in [3.63, 3.8) is 0 Å². The lowest BCUT2D eigenvalue weighted by Gasteiger charge is -2.10. The van der Waals surface area contributed by atoms with Gasteiger partial charge in [0, 0.05) is 6.54 Å². The van der Waals surface area contributed by atoms with Crippen molar-refractivity contribution in [1.29, 1.82) is 0 Å². The first-order valence-electron chi connectivity index (χ1n) is 7.07. The smallest absolute Gasteiger partial charge is 0.313 e. The molecule has 0 unspecified atom stereocenters. The Hall–Kier alpha value is -2.89. The van der Waals surface area contributed by atoms with Gasteiger partial charge in [0.05, 0.1) is 12.8 Å². The number of carbonyl (C=O) groups excluding carboxylic acids is 2. The number of nitrogens with one attached hydrogen (secondary N) is 2. The van der Waals surface area contributed by atoms with Gasteiger partial charge >= 0.3 is 11.8 Å².